The molecule has 1 aromatic rings. The van der Waals surface area contributed by atoms with Gasteiger partial charge in [0, 0.05) is 18.5 Å². The molecule has 0 spiro atoms. The summed E-state index contributed by atoms with van der Waals surface area (Å²) >= 11 is 0. The lowest BCUT2D eigenvalue weighted by molar-refractivity contribution is -0.121. The third-order valence-corrected chi connectivity index (χ3v) is 2.86. The molecule has 1 unspecified atom stereocenters. The molecule has 4 heteroatoms. The molecule has 1 atom stereocenters. The van der Waals surface area contributed by atoms with Gasteiger partial charge in [-0.3, -0.25) is 4.79 Å². The molecule has 0 heterocycles. The molecular formula is C14H22N2O2. The number of hydrogen-bond acceptors (Lipinski definition) is 3. The van der Waals surface area contributed by atoms with E-state index in [9.17, 15) is 4.79 Å². The zero-order chi connectivity index (χ0) is 13.4. The molecule has 0 aromatic heterocycles. The summed E-state index contributed by atoms with van der Waals surface area (Å²) in [5, 5.41) is 6.00. The van der Waals surface area contributed by atoms with Gasteiger partial charge in [-0.15, -0.1) is 0 Å². The van der Waals surface area contributed by atoms with Crippen molar-refractivity contribution in [1.29, 1.82) is 0 Å². The van der Waals surface area contributed by atoms with Crippen molar-refractivity contribution in [2.24, 2.45) is 0 Å². The highest BCUT2D eigenvalue weighted by Crippen LogP contribution is 2.26. The standard InChI is InChI=1S/C14H22N2O2/c1-4-12(16-14(17)9-10-15-2)11-7-5-6-8-13(11)18-3/h5-8,12,15H,4,9-10H2,1-3H3,(H,16,17). The summed E-state index contributed by atoms with van der Waals surface area (Å²) in [4.78, 5) is 11.8. The molecule has 0 radical (unpaired) electrons. The zero-order valence-electron chi connectivity index (χ0n) is 11.3. The Morgan fingerprint density at radius 1 is 1.39 bits per heavy atom. The summed E-state index contributed by atoms with van der Waals surface area (Å²) in [6.07, 6.45) is 1.33. The molecule has 0 saturated heterocycles. The van der Waals surface area contributed by atoms with Crippen molar-refractivity contribution in [2.45, 2.75) is 25.8 Å². The Morgan fingerprint density at radius 3 is 2.72 bits per heavy atom. The minimum atomic E-state index is 0.00510. The molecule has 100 valence electrons. The van der Waals surface area contributed by atoms with Gasteiger partial charge in [0.15, 0.2) is 0 Å². The molecule has 1 amide bonds. The minimum absolute atomic E-state index is 0.00510. The second-order valence-electron chi connectivity index (χ2n) is 4.12. The summed E-state index contributed by atoms with van der Waals surface area (Å²) in [5.74, 6) is 0.875. The number of nitrogens with one attached hydrogen (secondary N) is 2. The maximum Gasteiger partial charge on any atom is 0.221 e. The van der Waals surface area contributed by atoms with E-state index >= 15 is 0 Å². The number of benzene rings is 1. The van der Waals surface area contributed by atoms with E-state index in [0.717, 1.165) is 17.7 Å². The fourth-order valence-electron chi connectivity index (χ4n) is 1.86. The topological polar surface area (TPSA) is 50.4 Å². The molecule has 0 fully saturated rings. The van der Waals surface area contributed by atoms with Crippen LogP contribution in [0.2, 0.25) is 0 Å². The van der Waals surface area contributed by atoms with E-state index < -0.39 is 0 Å². The minimum Gasteiger partial charge on any atom is -0.496 e. The molecule has 1 aromatic carbocycles. The van der Waals surface area contributed by atoms with Crippen LogP contribution in [0, 0.1) is 0 Å². The Bertz CT molecular complexity index is 380. The number of para-hydroxylation sites is 1. The molecule has 18 heavy (non-hydrogen) atoms. The number of hydrogen-bond donors (Lipinski definition) is 2. The first-order chi connectivity index (χ1) is 8.72. The lowest BCUT2D eigenvalue weighted by atomic mass is 10.0. The highest BCUT2D eigenvalue weighted by Gasteiger charge is 2.15. The first kappa shape index (κ1) is 14.5. The summed E-state index contributed by atoms with van der Waals surface area (Å²) in [6.45, 7) is 2.74. The van der Waals surface area contributed by atoms with Crippen LogP contribution in [-0.4, -0.2) is 26.6 Å². The van der Waals surface area contributed by atoms with Gasteiger partial charge in [-0.1, -0.05) is 25.1 Å². The summed E-state index contributed by atoms with van der Waals surface area (Å²) < 4.78 is 5.33. The van der Waals surface area contributed by atoms with Gasteiger partial charge in [0.05, 0.1) is 13.2 Å². The molecule has 0 aliphatic carbocycles. The van der Waals surface area contributed by atoms with Crippen molar-refractivity contribution in [2.75, 3.05) is 20.7 Å². The van der Waals surface area contributed by atoms with Gasteiger partial charge in [0.1, 0.15) is 5.75 Å². The molecular weight excluding hydrogens is 228 g/mol. The average molecular weight is 250 g/mol. The Morgan fingerprint density at radius 2 is 2.11 bits per heavy atom. The Labute approximate surface area is 109 Å². The van der Waals surface area contributed by atoms with E-state index in [2.05, 4.69) is 17.6 Å². The number of rotatable bonds is 7. The van der Waals surface area contributed by atoms with Gasteiger partial charge in [-0.05, 0) is 19.5 Å². The molecule has 0 saturated carbocycles. The number of ether oxygens (including phenoxy) is 1. The Balaban J connectivity index is 2.73. The van der Waals surface area contributed by atoms with Crippen LogP contribution < -0.4 is 15.4 Å². The fraction of sp³-hybridized carbons (Fsp3) is 0.500. The molecule has 2 N–H and O–H groups in total. The van der Waals surface area contributed by atoms with Crippen molar-refractivity contribution in [1.82, 2.24) is 10.6 Å². The monoisotopic (exact) mass is 250 g/mol. The fourth-order valence-corrected chi connectivity index (χ4v) is 1.86. The van der Waals surface area contributed by atoms with Gasteiger partial charge in [-0.25, -0.2) is 0 Å². The van der Waals surface area contributed by atoms with Crippen LogP contribution in [0.15, 0.2) is 24.3 Å². The van der Waals surface area contributed by atoms with Crippen LogP contribution in [0.25, 0.3) is 0 Å². The highest BCUT2D eigenvalue weighted by molar-refractivity contribution is 5.76. The van der Waals surface area contributed by atoms with Gasteiger partial charge < -0.3 is 15.4 Å². The number of amides is 1. The highest BCUT2D eigenvalue weighted by atomic mass is 16.5. The Hall–Kier alpha value is -1.55. The predicted octanol–water partition coefficient (Wildman–Crippen LogP) is 1.87. The van der Waals surface area contributed by atoms with Gasteiger partial charge in [0.2, 0.25) is 5.91 Å². The lowest BCUT2D eigenvalue weighted by Crippen LogP contribution is -2.30. The van der Waals surface area contributed by atoms with E-state index in [-0.39, 0.29) is 11.9 Å². The van der Waals surface area contributed by atoms with Crippen molar-refractivity contribution in [3.05, 3.63) is 29.8 Å². The number of carbonyl (C=O) groups is 1. The van der Waals surface area contributed by atoms with Crippen LogP contribution in [0.3, 0.4) is 0 Å². The molecule has 0 aliphatic heterocycles. The summed E-state index contributed by atoms with van der Waals surface area (Å²) in [5.41, 5.74) is 1.03. The quantitative estimate of drug-likeness (QED) is 0.776. The second kappa shape index (κ2) is 7.71. The van der Waals surface area contributed by atoms with Crippen molar-refractivity contribution in [3.8, 4) is 5.75 Å². The van der Waals surface area contributed by atoms with Crippen LogP contribution in [0.4, 0.5) is 0 Å². The first-order valence-corrected chi connectivity index (χ1v) is 6.29. The lowest BCUT2D eigenvalue weighted by Gasteiger charge is -2.19. The first-order valence-electron chi connectivity index (χ1n) is 6.29. The van der Waals surface area contributed by atoms with Crippen LogP contribution in [-0.2, 0) is 4.79 Å². The maximum absolute atomic E-state index is 11.8. The van der Waals surface area contributed by atoms with E-state index in [4.69, 9.17) is 4.74 Å². The van der Waals surface area contributed by atoms with Crippen LogP contribution >= 0.6 is 0 Å². The zero-order valence-corrected chi connectivity index (χ0v) is 11.3. The third kappa shape index (κ3) is 4.04. The molecule has 4 nitrogen and oxygen atoms in total. The largest absolute Gasteiger partial charge is 0.496 e. The Kier molecular flexibility index (Phi) is 6.22. The predicted molar refractivity (Wildman–Crippen MR) is 72.7 cm³/mol. The van der Waals surface area contributed by atoms with E-state index in [1.165, 1.54) is 0 Å². The molecule has 0 bridgehead atoms. The third-order valence-electron chi connectivity index (χ3n) is 2.86. The van der Waals surface area contributed by atoms with Gasteiger partial charge in [-0.2, -0.15) is 0 Å². The van der Waals surface area contributed by atoms with Gasteiger partial charge in [0.25, 0.3) is 0 Å². The molecule has 1 rings (SSSR count). The maximum atomic E-state index is 11.8. The average Bonchev–Trinajstić information content (AvgIpc) is 2.42. The normalized spacial score (nSPS) is 11.9. The SMILES string of the molecule is CCC(NC(=O)CCNC)c1ccccc1OC. The van der Waals surface area contributed by atoms with Crippen molar-refractivity contribution in [3.63, 3.8) is 0 Å². The van der Waals surface area contributed by atoms with Crippen molar-refractivity contribution >= 4 is 5.91 Å². The summed E-state index contributed by atoms with van der Waals surface area (Å²) in [6, 6.07) is 7.80. The van der Waals surface area contributed by atoms with Crippen molar-refractivity contribution < 1.29 is 9.53 Å². The number of methoxy groups -OCH3 is 1. The van der Waals surface area contributed by atoms with Crippen LogP contribution in [0.5, 0.6) is 5.75 Å². The second-order valence-corrected chi connectivity index (χ2v) is 4.12. The van der Waals surface area contributed by atoms with Gasteiger partial charge >= 0.3 is 0 Å². The van der Waals surface area contributed by atoms with E-state index in [1.54, 1.807) is 7.11 Å². The van der Waals surface area contributed by atoms with Crippen LogP contribution in [0.1, 0.15) is 31.4 Å². The smallest absolute Gasteiger partial charge is 0.221 e. The molecule has 0 aliphatic rings. The van der Waals surface area contributed by atoms with E-state index in [0.29, 0.717) is 13.0 Å². The van der Waals surface area contributed by atoms with E-state index in [1.807, 2.05) is 31.3 Å². The number of carbonyl (C=O) groups excluding carboxylic acids is 1. The summed E-state index contributed by atoms with van der Waals surface area (Å²) in [7, 11) is 3.49.